The van der Waals surface area contributed by atoms with Gasteiger partial charge in [0.15, 0.2) is 0 Å². The molecule has 31 heavy (non-hydrogen) atoms. The van der Waals surface area contributed by atoms with Crippen molar-refractivity contribution in [2.75, 3.05) is 25.1 Å². The molecule has 4 rings (SSSR count). The molecule has 2 aromatic carbocycles. The zero-order valence-electron chi connectivity index (χ0n) is 18.0. The molecular weight excluding hydrogens is 407 g/mol. The van der Waals surface area contributed by atoms with Crippen LogP contribution < -0.4 is 5.56 Å². The van der Waals surface area contributed by atoms with Gasteiger partial charge in [-0.25, -0.2) is 4.39 Å². The fourth-order valence-corrected chi connectivity index (χ4v) is 4.76. The van der Waals surface area contributed by atoms with E-state index in [0.29, 0.717) is 13.0 Å². The van der Waals surface area contributed by atoms with Gasteiger partial charge < -0.3 is 4.57 Å². The third-order valence-electron chi connectivity index (χ3n) is 5.94. The number of hydrogen-bond acceptors (Lipinski definition) is 3. The molecule has 0 N–H and O–H groups in total. The molecule has 0 atom stereocenters. The summed E-state index contributed by atoms with van der Waals surface area (Å²) in [5, 5.41) is 0. The highest BCUT2D eigenvalue weighted by Crippen LogP contribution is 2.21. The zero-order chi connectivity index (χ0) is 21.6. The van der Waals surface area contributed by atoms with Crippen LogP contribution in [-0.2, 0) is 25.9 Å². The molecule has 0 aliphatic carbocycles. The van der Waals surface area contributed by atoms with E-state index < -0.39 is 0 Å². The van der Waals surface area contributed by atoms with E-state index in [-0.39, 0.29) is 11.4 Å². The van der Waals surface area contributed by atoms with Crippen LogP contribution in [0.3, 0.4) is 0 Å². The lowest BCUT2D eigenvalue weighted by molar-refractivity contribution is 0.250. The number of pyridine rings is 1. The number of fused-ring (bicyclic) bond motifs is 1. The molecule has 3 nitrogen and oxygen atoms in total. The molecule has 162 valence electrons. The second-order valence-electron chi connectivity index (χ2n) is 8.19. The Balaban J connectivity index is 1.68. The van der Waals surface area contributed by atoms with E-state index in [2.05, 4.69) is 29.4 Å². The van der Waals surface area contributed by atoms with Crippen molar-refractivity contribution in [3.8, 4) is 0 Å². The summed E-state index contributed by atoms with van der Waals surface area (Å²) in [4.78, 5) is 16.0. The predicted molar refractivity (Wildman–Crippen MR) is 127 cm³/mol. The Kier molecular flexibility index (Phi) is 7.25. The Hall–Kier alpha value is -2.37. The number of aromatic nitrogens is 1. The van der Waals surface area contributed by atoms with Crippen LogP contribution in [0, 0.1) is 5.82 Å². The maximum atomic E-state index is 13.5. The summed E-state index contributed by atoms with van der Waals surface area (Å²) in [5.74, 6) is 0.920. The topological polar surface area (TPSA) is 25.2 Å². The van der Waals surface area contributed by atoms with Crippen LogP contribution in [0.2, 0.25) is 0 Å². The molecule has 1 aromatic heterocycles. The zero-order valence-corrected chi connectivity index (χ0v) is 18.8. The number of halogens is 1. The molecule has 3 aromatic rings. The molecule has 0 saturated carbocycles. The average Bonchev–Trinajstić information content (AvgIpc) is 2.79. The molecule has 1 aliphatic heterocycles. The third kappa shape index (κ3) is 5.46. The molecule has 0 spiro atoms. The highest BCUT2D eigenvalue weighted by atomic mass is 32.2. The van der Waals surface area contributed by atoms with Gasteiger partial charge in [-0.3, -0.25) is 9.69 Å². The van der Waals surface area contributed by atoms with E-state index in [1.54, 1.807) is 12.1 Å². The van der Waals surface area contributed by atoms with E-state index in [1.165, 1.54) is 29.9 Å². The first-order chi connectivity index (χ1) is 15.1. The highest BCUT2D eigenvalue weighted by Gasteiger charge is 2.22. The predicted octanol–water partition coefficient (Wildman–Crippen LogP) is 4.74. The molecule has 0 bridgehead atoms. The minimum absolute atomic E-state index is 0.0720. The van der Waals surface area contributed by atoms with Crippen molar-refractivity contribution in [2.24, 2.45) is 0 Å². The van der Waals surface area contributed by atoms with Crippen LogP contribution >= 0.6 is 11.8 Å². The summed E-state index contributed by atoms with van der Waals surface area (Å²) in [7, 11) is 0. The van der Waals surface area contributed by atoms with Gasteiger partial charge in [-0.15, -0.1) is 0 Å². The molecule has 0 fully saturated rings. The number of hydrogen-bond donors (Lipinski definition) is 0. The normalized spacial score (nSPS) is 13.9. The molecule has 1 aliphatic rings. The standard InChI is InChI=1S/C26H29FN2OS/c1-31-15-5-13-28-14-12-25-23(19-28)17-22(16-20-6-3-2-4-7-20)26(30)29(25)18-21-8-10-24(27)11-9-21/h2-4,6-11,17H,5,12-16,18-19H2,1H3. The van der Waals surface area contributed by atoms with E-state index in [4.69, 9.17) is 0 Å². The van der Waals surface area contributed by atoms with Crippen LogP contribution in [0.15, 0.2) is 65.5 Å². The summed E-state index contributed by atoms with van der Waals surface area (Å²) in [6, 6.07) is 18.8. The van der Waals surface area contributed by atoms with Crippen LogP contribution in [0.25, 0.3) is 0 Å². The lowest BCUT2D eigenvalue weighted by atomic mass is 9.98. The largest absolute Gasteiger partial charge is 0.308 e. The SMILES string of the molecule is CSCCCN1CCc2c(cc(Cc3ccccc3)c(=O)n2Cc2ccc(F)cc2)C1. The molecular formula is C26H29FN2OS. The van der Waals surface area contributed by atoms with Crippen LogP contribution in [0.5, 0.6) is 0 Å². The summed E-state index contributed by atoms with van der Waals surface area (Å²) in [6.07, 6.45) is 4.83. The Morgan fingerprint density at radius 2 is 1.81 bits per heavy atom. The minimum Gasteiger partial charge on any atom is -0.308 e. The van der Waals surface area contributed by atoms with E-state index >= 15 is 0 Å². The first-order valence-electron chi connectivity index (χ1n) is 10.9. The van der Waals surface area contributed by atoms with Gasteiger partial charge in [-0.2, -0.15) is 11.8 Å². The van der Waals surface area contributed by atoms with Crippen LogP contribution in [0.1, 0.15) is 34.4 Å². The van der Waals surface area contributed by atoms with Gasteiger partial charge >= 0.3 is 0 Å². The van der Waals surface area contributed by atoms with Crippen molar-refractivity contribution < 1.29 is 4.39 Å². The quantitative estimate of drug-likeness (QED) is 0.477. The van der Waals surface area contributed by atoms with Gasteiger partial charge in [-0.1, -0.05) is 42.5 Å². The number of benzene rings is 2. The highest BCUT2D eigenvalue weighted by molar-refractivity contribution is 7.98. The summed E-state index contributed by atoms with van der Waals surface area (Å²) < 4.78 is 15.3. The summed E-state index contributed by atoms with van der Waals surface area (Å²) >= 11 is 1.89. The second kappa shape index (κ2) is 10.3. The van der Waals surface area contributed by atoms with E-state index in [9.17, 15) is 9.18 Å². The summed E-state index contributed by atoms with van der Waals surface area (Å²) in [5.41, 5.74) is 5.38. The van der Waals surface area contributed by atoms with Crippen molar-refractivity contribution in [3.05, 3.63) is 105 Å². The smallest absolute Gasteiger partial charge is 0.254 e. The van der Waals surface area contributed by atoms with Crippen molar-refractivity contribution in [3.63, 3.8) is 0 Å². The number of rotatable bonds is 8. The Labute approximate surface area is 187 Å². The van der Waals surface area contributed by atoms with Crippen molar-refractivity contribution >= 4 is 11.8 Å². The third-order valence-corrected chi connectivity index (χ3v) is 6.63. The van der Waals surface area contributed by atoms with Gasteiger partial charge in [0.1, 0.15) is 5.82 Å². The molecule has 0 saturated heterocycles. The number of thioether (sulfide) groups is 1. The first-order valence-corrected chi connectivity index (χ1v) is 12.3. The minimum atomic E-state index is -0.253. The van der Waals surface area contributed by atoms with Gasteiger partial charge in [0.05, 0.1) is 6.54 Å². The van der Waals surface area contributed by atoms with Gasteiger partial charge in [0.2, 0.25) is 0 Å². The average molecular weight is 437 g/mol. The molecule has 5 heteroatoms. The molecule has 2 heterocycles. The Morgan fingerprint density at radius 1 is 1.03 bits per heavy atom. The lowest BCUT2D eigenvalue weighted by Gasteiger charge is -2.31. The summed E-state index contributed by atoms with van der Waals surface area (Å²) in [6.45, 7) is 3.43. The monoisotopic (exact) mass is 436 g/mol. The molecule has 0 unspecified atom stereocenters. The Morgan fingerprint density at radius 3 is 2.55 bits per heavy atom. The van der Waals surface area contributed by atoms with E-state index in [0.717, 1.165) is 48.4 Å². The lowest BCUT2D eigenvalue weighted by Crippen LogP contribution is -2.37. The Bertz CT molecular complexity index is 1060. The van der Waals surface area contributed by atoms with Crippen molar-refractivity contribution in [1.29, 1.82) is 0 Å². The number of nitrogens with zero attached hydrogens (tertiary/aromatic N) is 2. The fourth-order valence-electron chi connectivity index (χ4n) is 4.35. The first kappa shape index (κ1) is 21.8. The van der Waals surface area contributed by atoms with Gasteiger partial charge in [-0.05, 0) is 59.9 Å². The van der Waals surface area contributed by atoms with Crippen molar-refractivity contribution in [2.45, 2.75) is 32.4 Å². The van der Waals surface area contributed by atoms with Crippen molar-refractivity contribution in [1.82, 2.24) is 9.47 Å². The van der Waals surface area contributed by atoms with Crippen LogP contribution in [0.4, 0.5) is 4.39 Å². The maximum absolute atomic E-state index is 13.5. The second-order valence-corrected chi connectivity index (χ2v) is 9.18. The van der Waals surface area contributed by atoms with Gasteiger partial charge in [0, 0.05) is 37.2 Å². The van der Waals surface area contributed by atoms with E-state index in [1.807, 2.05) is 34.5 Å². The fraction of sp³-hybridized carbons (Fsp3) is 0.346. The van der Waals surface area contributed by atoms with Gasteiger partial charge in [0.25, 0.3) is 5.56 Å². The molecule has 0 radical (unpaired) electrons. The molecule has 0 amide bonds. The van der Waals surface area contributed by atoms with Crippen LogP contribution in [-0.4, -0.2) is 34.6 Å². The maximum Gasteiger partial charge on any atom is 0.254 e.